The number of benzene rings is 2. The molecule has 1 atom stereocenters. The van der Waals surface area contributed by atoms with Gasteiger partial charge in [0.1, 0.15) is 0 Å². The van der Waals surface area contributed by atoms with Gasteiger partial charge in [0.05, 0.1) is 20.8 Å². The van der Waals surface area contributed by atoms with Crippen molar-refractivity contribution >= 4 is 35.1 Å². The first-order valence-corrected chi connectivity index (χ1v) is 10.8. The van der Waals surface area contributed by atoms with Crippen LogP contribution in [0.25, 0.3) is 0 Å². The van der Waals surface area contributed by atoms with Crippen molar-refractivity contribution in [3.8, 4) is 11.5 Å². The van der Waals surface area contributed by atoms with Crippen molar-refractivity contribution in [2.45, 2.75) is 11.3 Å². The summed E-state index contributed by atoms with van der Waals surface area (Å²) in [4.78, 5) is 26.8. The zero-order chi connectivity index (χ0) is 22.9. The molecule has 1 unspecified atom stereocenters. The highest BCUT2D eigenvalue weighted by Crippen LogP contribution is 2.49. The summed E-state index contributed by atoms with van der Waals surface area (Å²) in [5.41, 5.74) is 14.6. The Labute approximate surface area is 190 Å². The third-order valence-corrected chi connectivity index (χ3v) is 6.97. The molecule has 0 aliphatic carbocycles. The van der Waals surface area contributed by atoms with E-state index < -0.39 is 10.8 Å². The number of thioether (sulfide) groups is 1. The highest BCUT2D eigenvalue weighted by atomic mass is 32.2. The Bertz CT molecular complexity index is 1110. The Hall–Kier alpha value is -3.53. The van der Waals surface area contributed by atoms with Gasteiger partial charge >= 0.3 is 6.03 Å². The van der Waals surface area contributed by atoms with E-state index in [9.17, 15) is 9.59 Å². The van der Waals surface area contributed by atoms with Crippen LogP contribution in [-0.4, -0.2) is 44.1 Å². The molecule has 0 bridgehead atoms. The van der Waals surface area contributed by atoms with Crippen LogP contribution >= 0.6 is 11.8 Å². The smallest absolute Gasteiger partial charge is 0.322 e. The molecule has 10 heteroatoms. The van der Waals surface area contributed by atoms with Crippen LogP contribution in [0.15, 0.2) is 53.1 Å². The maximum Gasteiger partial charge on any atom is 0.322 e. The summed E-state index contributed by atoms with van der Waals surface area (Å²) in [5.74, 6) is 0.571. The van der Waals surface area contributed by atoms with Crippen LogP contribution in [0, 0.1) is 0 Å². The van der Waals surface area contributed by atoms with Crippen LogP contribution < -0.4 is 31.6 Å². The summed E-state index contributed by atoms with van der Waals surface area (Å²) in [6, 6.07) is 12.1. The number of nitrogens with one attached hydrogen (secondary N) is 2. The van der Waals surface area contributed by atoms with Gasteiger partial charge in [-0.05, 0) is 18.2 Å². The second-order valence-electron chi connectivity index (χ2n) is 7.43. The molecule has 2 aromatic rings. The van der Waals surface area contributed by atoms with E-state index in [2.05, 4.69) is 10.6 Å². The minimum atomic E-state index is -1.19. The van der Waals surface area contributed by atoms with Crippen molar-refractivity contribution in [1.29, 1.82) is 0 Å². The first kappa shape index (κ1) is 21.7. The number of nitrogens with two attached hydrogens (primary N) is 2. The SMILES string of the molecule is COc1ccc(NC(=O)N2CCC3=C(C2)SC(C(N)=O)(c2ccccc2N)N3)cc1OC. The van der Waals surface area contributed by atoms with Gasteiger partial charge < -0.3 is 36.5 Å². The number of hydrogen-bond acceptors (Lipinski definition) is 7. The number of nitrogens with zero attached hydrogens (tertiary/aromatic N) is 1. The van der Waals surface area contributed by atoms with Crippen LogP contribution in [-0.2, 0) is 9.67 Å². The number of carbonyl (C=O) groups is 2. The number of urea groups is 1. The number of primary amides is 1. The maximum absolute atomic E-state index is 12.9. The topological polar surface area (TPSA) is 132 Å². The standard InChI is InChI=1S/C22H25N5O4S/c1-30-17-8-7-13(11-18(17)31-2)25-21(29)27-10-9-16-19(12-27)32-22(26-16,20(24)28)14-5-3-4-6-15(14)23/h3-8,11,26H,9-10,12,23H2,1-2H3,(H2,24,28)(H,25,29). The number of amides is 3. The zero-order valence-corrected chi connectivity index (χ0v) is 18.6. The van der Waals surface area contributed by atoms with Gasteiger partial charge in [-0.1, -0.05) is 30.0 Å². The minimum absolute atomic E-state index is 0.250. The Morgan fingerprint density at radius 3 is 2.59 bits per heavy atom. The average Bonchev–Trinajstić information content (AvgIpc) is 3.19. The van der Waals surface area contributed by atoms with E-state index in [1.54, 1.807) is 48.4 Å². The molecule has 2 aliphatic rings. The number of para-hydroxylation sites is 1. The number of nitrogen functional groups attached to an aromatic ring is 1. The van der Waals surface area contributed by atoms with Gasteiger partial charge in [-0.3, -0.25) is 4.79 Å². The Kier molecular flexibility index (Phi) is 5.79. The van der Waals surface area contributed by atoms with E-state index in [0.29, 0.717) is 47.9 Å². The molecule has 32 heavy (non-hydrogen) atoms. The van der Waals surface area contributed by atoms with E-state index in [4.69, 9.17) is 20.9 Å². The molecule has 0 saturated heterocycles. The van der Waals surface area contributed by atoms with Crippen molar-refractivity contribution in [2.75, 3.05) is 38.4 Å². The molecule has 168 valence electrons. The lowest BCUT2D eigenvalue weighted by Crippen LogP contribution is -2.47. The molecule has 0 spiro atoms. The monoisotopic (exact) mass is 455 g/mol. The van der Waals surface area contributed by atoms with Gasteiger partial charge in [-0.25, -0.2) is 4.79 Å². The molecular weight excluding hydrogens is 430 g/mol. The van der Waals surface area contributed by atoms with Gasteiger partial charge in [-0.15, -0.1) is 0 Å². The molecule has 6 N–H and O–H groups in total. The number of rotatable bonds is 5. The van der Waals surface area contributed by atoms with Gasteiger partial charge in [0.25, 0.3) is 5.91 Å². The van der Waals surface area contributed by atoms with Crippen LogP contribution in [0.5, 0.6) is 11.5 Å². The highest BCUT2D eigenvalue weighted by Gasteiger charge is 2.48. The second-order valence-corrected chi connectivity index (χ2v) is 8.74. The van der Waals surface area contributed by atoms with E-state index in [1.165, 1.54) is 18.9 Å². The summed E-state index contributed by atoms with van der Waals surface area (Å²) in [6.45, 7) is 0.846. The fourth-order valence-electron chi connectivity index (χ4n) is 3.86. The average molecular weight is 456 g/mol. The first-order chi connectivity index (χ1) is 15.4. The van der Waals surface area contributed by atoms with Crippen LogP contribution in [0.1, 0.15) is 12.0 Å². The number of ether oxygens (including phenoxy) is 2. The molecular formula is C22H25N5O4S. The van der Waals surface area contributed by atoms with E-state index >= 15 is 0 Å². The third kappa shape index (κ3) is 3.77. The molecule has 0 fully saturated rings. The van der Waals surface area contributed by atoms with Crippen molar-refractivity contribution in [1.82, 2.24) is 10.2 Å². The van der Waals surface area contributed by atoms with Gasteiger partial charge in [0.15, 0.2) is 16.4 Å². The summed E-state index contributed by atoms with van der Waals surface area (Å²) in [5, 5.41) is 6.19. The van der Waals surface area contributed by atoms with Gasteiger partial charge in [-0.2, -0.15) is 0 Å². The normalized spacial score (nSPS) is 19.8. The predicted octanol–water partition coefficient (Wildman–Crippen LogP) is 2.41. The first-order valence-electron chi connectivity index (χ1n) is 10.00. The Balaban J connectivity index is 1.50. The van der Waals surface area contributed by atoms with Crippen molar-refractivity contribution in [3.63, 3.8) is 0 Å². The molecule has 0 radical (unpaired) electrons. The van der Waals surface area contributed by atoms with Crippen LogP contribution in [0.3, 0.4) is 0 Å². The number of hydrogen-bond donors (Lipinski definition) is 4. The lowest BCUT2D eigenvalue weighted by molar-refractivity contribution is -0.121. The van der Waals surface area contributed by atoms with Gasteiger partial charge in [0, 0.05) is 46.6 Å². The van der Waals surface area contributed by atoms with Gasteiger partial charge in [0.2, 0.25) is 0 Å². The largest absolute Gasteiger partial charge is 0.493 e. The van der Waals surface area contributed by atoms with E-state index in [0.717, 1.165) is 10.6 Å². The molecule has 0 aromatic heterocycles. The molecule has 0 saturated carbocycles. The van der Waals surface area contributed by atoms with Crippen molar-refractivity contribution < 1.29 is 19.1 Å². The Morgan fingerprint density at radius 1 is 1.16 bits per heavy atom. The third-order valence-electron chi connectivity index (χ3n) is 5.52. The number of anilines is 2. The van der Waals surface area contributed by atoms with Crippen LogP contribution in [0.2, 0.25) is 0 Å². The molecule has 9 nitrogen and oxygen atoms in total. The minimum Gasteiger partial charge on any atom is -0.493 e. The molecule has 3 amide bonds. The summed E-state index contributed by atoms with van der Waals surface area (Å²) in [7, 11) is 3.09. The lowest BCUT2D eigenvalue weighted by atomic mass is 10.0. The quantitative estimate of drug-likeness (QED) is 0.509. The Morgan fingerprint density at radius 2 is 1.91 bits per heavy atom. The summed E-state index contributed by atoms with van der Waals surface area (Å²) < 4.78 is 10.5. The number of carbonyl (C=O) groups excluding carboxylic acids is 2. The van der Waals surface area contributed by atoms with E-state index in [-0.39, 0.29) is 6.03 Å². The summed E-state index contributed by atoms with van der Waals surface area (Å²) >= 11 is 1.31. The summed E-state index contributed by atoms with van der Waals surface area (Å²) in [6.07, 6.45) is 0.573. The number of methoxy groups -OCH3 is 2. The molecule has 2 heterocycles. The molecule has 2 aromatic carbocycles. The maximum atomic E-state index is 12.9. The van der Waals surface area contributed by atoms with Crippen molar-refractivity contribution in [2.24, 2.45) is 5.73 Å². The molecule has 2 aliphatic heterocycles. The fourth-order valence-corrected chi connectivity index (χ4v) is 5.29. The predicted molar refractivity (Wildman–Crippen MR) is 124 cm³/mol. The van der Waals surface area contributed by atoms with Crippen LogP contribution in [0.4, 0.5) is 16.2 Å². The van der Waals surface area contributed by atoms with Crippen molar-refractivity contribution in [3.05, 3.63) is 58.6 Å². The highest BCUT2D eigenvalue weighted by molar-refractivity contribution is 8.05. The second kappa shape index (κ2) is 8.54. The molecule has 4 rings (SSSR count). The zero-order valence-electron chi connectivity index (χ0n) is 17.8. The fraction of sp³-hybridized carbons (Fsp3) is 0.273. The lowest BCUT2D eigenvalue weighted by Gasteiger charge is -2.28. The van der Waals surface area contributed by atoms with E-state index in [1.807, 2.05) is 6.07 Å².